The average molecular weight is 313 g/mol. The van der Waals surface area contributed by atoms with E-state index in [4.69, 9.17) is 0 Å². The molecule has 4 nitrogen and oxygen atoms in total. The highest BCUT2D eigenvalue weighted by molar-refractivity contribution is 7.99. The van der Waals surface area contributed by atoms with E-state index in [9.17, 15) is 13.6 Å². The highest BCUT2D eigenvalue weighted by atomic mass is 32.2. The van der Waals surface area contributed by atoms with Crippen molar-refractivity contribution in [1.82, 2.24) is 14.9 Å². The van der Waals surface area contributed by atoms with Crippen molar-refractivity contribution in [3.63, 3.8) is 0 Å². The molecule has 7 heteroatoms. The maximum atomic E-state index is 12.6. The molecule has 21 heavy (non-hydrogen) atoms. The summed E-state index contributed by atoms with van der Waals surface area (Å²) in [6.45, 7) is 4.53. The molecule has 1 amide bonds. The molecule has 1 aromatic carbocycles. The number of imidazole rings is 1. The number of amides is 1. The summed E-state index contributed by atoms with van der Waals surface area (Å²) in [5, 5.41) is 2.94. The Hall–Kier alpha value is -1.63. The second-order valence-corrected chi connectivity index (χ2v) is 6.00. The molecule has 2 rings (SSSR count). The summed E-state index contributed by atoms with van der Waals surface area (Å²) in [6.07, 6.45) is 0. The Morgan fingerprint density at radius 1 is 1.38 bits per heavy atom. The van der Waals surface area contributed by atoms with Crippen LogP contribution >= 0.6 is 11.8 Å². The Balaban J connectivity index is 2.25. The van der Waals surface area contributed by atoms with Gasteiger partial charge in [-0.3, -0.25) is 4.79 Å². The van der Waals surface area contributed by atoms with E-state index in [1.54, 1.807) is 24.3 Å². The number of nitrogens with one attached hydrogen (secondary N) is 1. The number of aromatic nitrogens is 2. The van der Waals surface area contributed by atoms with Crippen LogP contribution in [-0.4, -0.2) is 27.8 Å². The molecule has 0 radical (unpaired) electrons. The number of fused-ring (bicyclic) bond motifs is 1. The lowest BCUT2D eigenvalue weighted by Crippen LogP contribution is -2.30. The zero-order chi connectivity index (χ0) is 15.4. The second kappa shape index (κ2) is 6.89. The fraction of sp³-hybridized carbons (Fsp3) is 0.429. The first kappa shape index (κ1) is 15.8. The molecule has 1 heterocycles. The number of rotatable bonds is 6. The number of carbonyl (C=O) groups is 1. The van der Waals surface area contributed by atoms with Crippen LogP contribution < -0.4 is 5.32 Å². The molecule has 0 aliphatic carbocycles. The Morgan fingerprint density at radius 3 is 2.76 bits per heavy atom. The van der Waals surface area contributed by atoms with Gasteiger partial charge in [-0.25, -0.2) is 4.98 Å². The van der Waals surface area contributed by atoms with Crippen LogP contribution in [-0.2, 0) is 11.3 Å². The highest BCUT2D eigenvalue weighted by Crippen LogP contribution is 2.28. The molecular formula is C14H17F2N3OS. The molecule has 0 aliphatic heterocycles. The first-order chi connectivity index (χ1) is 9.97. The van der Waals surface area contributed by atoms with Crippen LogP contribution in [0, 0.1) is 5.92 Å². The van der Waals surface area contributed by atoms with E-state index in [1.165, 1.54) is 4.57 Å². The van der Waals surface area contributed by atoms with Crippen LogP contribution in [0.15, 0.2) is 29.4 Å². The molecule has 1 aromatic heterocycles. The largest absolute Gasteiger partial charge is 0.354 e. The third-order valence-corrected chi connectivity index (χ3v) is 3.52. The second-order valence-electron chi connectivity index (χ2n) is 5.05. The number of para-hydroxylation sites is 2. The van der Waals surface area contributed by atoms with E-state index in [0.29, 0.717) is 35.3 Å². The molecule has 0 unspecified atom stereocenters. The van der Waals surface area contributed by atoms with E-state index in [2.05, 4.69) is 10.3 Å². The predicted molar refractivity (Wildman–Crippen MR) is 79.4 cm³/mol. The number of nitrogens with zero attached hydrogens (tertiary/aromatic N) is 2. The van der Waals surface area contributed by atoms with Gasteiger partial charge in [0.15, 0.2) is 5.16 Å². The molecule has 1 N–H and O–H groups in total. The van der Waals surface area contributed by atoms with Crippen LogP contribution in [0.3, 0.4) is 0 Å². The predicted octanol–water partition coefficient (Wildman–Crippen LogP) is 3.12. The number of carbonyl (C=O) groups excluding carboxylic acids is 1. The van der Waals surface area contributed by atoms with Crippen molar-refractivity contribution < 1.29 is 13.6 Å². The SMILES string of the molecule is CC(C)CNC(=O)Cn1c(SC(F)F)nc2ccccc21. The molecule has 0 atom stereocenters. The summed E-state index contributed by atoms with van der Waals surface area (Å²) in [5.41, 5.74) is 1.29. The van der Waals surface area contributed by atoms with Gasteiger partial charge in [-0.15, -0.1) is 0 Å². The molecule has 0 aliphatic rings. The topological polar surface area (TPSA) is 46.9 Å². The van der Waals surface area contributed by atoms with Crippen molar-refractivity contribution in [2.45, 2.75) is 31.3 Å². The Labute approximate surface area is 125 Å². The molecule has 0 saturated carbocycles. The van der Waals surface area contributed by atoms with E-state index in [0.717, 1.165) is 0 Å². The fourth-order valence-electron chi connectivity index (χ4n) is 1.89. The van der Waals surface area contributed by atoms with Crippen molar-refractivity contribution >= 4 is 28.7 Å². The Morgan fingerprint density at radius 2 is 2.10 bits per heavy atom. The van der Waals surface area contributed by atoms with Crippen molar-refractivity contribution in [3.8, 4) is 0 Å². The van der Waals surface area contributed by atoms with Gasteiger partial charge in [-0.2, -0.15) is 8.78 Å². The van der Waals surface area contributed by atoms with Crippen LogP contribution in [0.2, 0.25) is 0 Å². The standard InChI is InChI=1S/C14H17F2N3OS/c1-9(2)7-17-12(20)8-19-11-6-4-3-5-10(11)18-14(19)21-13(15)16/h3-6,9,13H,7-8H2,1-2H3,(H,17,20). The molecule has 114 valence electrons. The van der Waals surface area contributed by atoms with Gasteiger partial charge in [0.05, 0.1) is 11.0 Å². The number of alkyl halides is 2. The van der Waals surface area contributed by atoms with Gasteiger partial charge < -0.3 is 9.88 Å². The van der Waals surface area contributed by atoms with E-state index in [-0.39, 0.29) is 17.6 Å². The molecule has 0 fully saturated rings. The van der Waals surface area contributed by atoms with E-state index in [1.807, 2.05) is 13.8 Å². The lowest BCUT2D eigenvalue weighted by atomic mass is 10.2. The van der Waals surface area contributed by atoms with Crippen LogP contribution in [0.1, 0.15) is 13.8 Å². The minimum absolute atomic E-state index is 0.0116. The minimum Gasteiger partial charge on any atom is -0.354 e. The number of benzene rings is 1. The lowest BCUT2D eigenvalue weighted by molar-refractivity contribution is -0.121. The van der Waals surface area contributed by atoms with Gasteiger partial charge in [0, 0.05) is 6.54 Å². The number of hydrogen-bond donors (Lipinski definition) is 1. The number of thioether (sulfide) groups is 1. The maximum Gasteiger partial charge on any atom is 0.291 e. The Bertz CT molecular complexity index is 628. The van der Waals surface area contributed by atoms with Crippen molar-refractivity contribution in [3.05, 3.63) is 24.3 Å². The van der Waals surface area contributed by atoms with E-state index < -0.39 is 5.76 Å². The first-order valence-electron chi connectivity index (χ1n) is 6.64. The van der Waals surface area contributed by atoms with Gasteiger partial charge in [0.2, 0.25) is 5.91 Å². The summed E-state index contributed by atoms with van der Waals surface area (Å²) in [6, 6.07) is 7.10. The number of hydrogen-bond acceptors (Lipinski definition) is 3. The quantitative estimate of drug-likeness (QED) is 0.834. The van der Waals surface area contributed by atoms with E-state index >= 15 is 0 Å². The summed E-state index contributed by atoms with van der Waals surface area (Å²) in [4.78, 5) is 16.1. The summed E-state index contributed by atoms with van der Waals surface area (Å²) in [7, 11) is 0. The summed E-state index contributed by atoms with van der Waals surface area (Å²) in [5.74, 6) is -2.44. The van der Waals surface area contributed by atoms with Crippen molar-refractivity contribution in [2.24, 2.45) is 5.92 Å². The maximum absolute atomic E-state index is 12.6. The minimum atomic E-state index is -2.57. The zero-order valence-electron chi connectivity index (χ0n) is 11.8. The van der Waals surface area contributed by atoms with Crippen LogP contribution in [0.5, 0.6) is 0 Å². The molecule has 0 saturated heterocycles. The van der Waals surface area contributed by atoms with Gasteiger partial charge in [0.25, 0.3) is 5.76 Å². The first-order valence-corrected chi connectivity index (χ1v) is 7.52. The third-order valence-electron chi connectivity index (χ3n) is 2.82. The lowest BCUT2D eigenvalue weighted by Gasteiger charge is -2.10. The molecular weight excluding hydrogens is 296 g/mol. The number of halogens is 2. The normalized spacial score (nSPS) is 11.5. The highest BCUT2D eigenvalue weighted by Gasteiger charge is 2.17. The van der Waals surface area contributed by atoms with Gasteiger partial charge in [0.1, 0.15) is 6.54 Å². The van der Waals surface area contributed by atoms with Crippen LogP contribution in [0.4, 0.5) is 8.78 Å². The Kier molecular flexibility index (Phi) is 5.17. The monoisotopic (exact) mass is 313 g/mol. The molecule has 0 spiro atoms. The smallest absolute Gasteiger partial charge is 0.291 e. The van der Waals surface area contributed by atoms with Gasteiger partial charge in [-0.1, -0.05) is 26.0 Å². The summed E-state index contributed by atoms with van der Waals surface area (Å²) < 4.78 is 26.8. The van der Waals surface area contributed by atoms with Gasteiger partial charge >= 0.3 is 0 Å². The van der Waals surface area contributed by atoms with Gasteiger partial charge in [-0.05, 0) is 29.8 Å². The van der Waals surface area contributed by atoms with Crippen molar-refractivity contribution in [2.75, 3.05) is 6.54 Å². The third kappa shape index (κ3) is 4.17. The zero-order valence-corrected chi connectivity index (χ0v) is 12.7. The average Bonchev–Trinajstić information content (AvgIpc) is 2.74. The van der Waals surface area contributed by atoms with Crippen LogP contribution in [0.25, 0.3) is 11.0 Å². The molecule has 0 bridgehead atoms. The molecule has 2 aromatic rings. The van der Waals surface area contributed by atoms with Crippen molar-refractivity contribution in [1.29, 1.82) is 0 Å². The fourth-order valence-corrected chi connectivity index (χ4v) is 2.49. The summed E-state index contributed by atoms with van der Waals surface area (Å²) >= 11 is 0.356.